The molecule has 0 aliphatic carbocycles. The highest BCUT2D eigenvalue weighted by Crippen LogP contribution is 2.39. The molecule has 1 aliphatic heterocycles. The molecule has 2 aromatic rings. The van der Waals surface area contributed by atoms with E-state index in [1.165, 1.54) is 19.2 Å². The Morgan fingerprint density at radius 3 is 2.48 bits per heavy atom. The largest absolute Gasteiger partial charge is 0.492 e. The van der Waals surface area contributed by atoms with Crippen molar-refractivity contribution in [3.05, 3.63) is 40.3 Å². The Morgan fingerprint density at radius 2 is 1.83 bits per heavy atom. The van der Waals surface area contributed by atoms with Gasteiger partial charge in [-0.25, -0.2) is 4.68 Å². The predicted octanol–water partition coefficient (Wildman–Crippen LogP) is 1.67. The number of benzene rings is 1. The minimum Gasteiger partial charge on any atom is -0.492 e. The van der Waals surface area contributed by atoms with E-state index in [1.54, 1.807) is 6.07 Å². The van der Waals surface area contributed by atoms with E-state index >= 15 is 0 Å². The molecule has 1 aromatic heterocycles. The summed E-state index contributed by atoms with van der Waals surface area (Å²) < 4.78 is 18.2. The van der Waals surface area contributed by atoms with E-state index in [0.717, 1.165) is 23.5 Å². The fourth-order valence-corrected chi connectivity index (χ4v) is 3.05. The first kappa shape index (κ1) is 20.7. The third-order valence-corrected chi connectivity index (χ3v) is 4.45. The molecule has 0 bridgehead atoms. The van der Waals surface area contributed by atoms with Crippen LogP contribution in [0.15, 0.2) is 29.1 Å². The maximum absolute atomic E-state index is 12.7. The smallest absolute Gasteiger partial charge is 0.276 e. The highest BCUT2D eigenvalue weighted by molar-refractivity contribution is 6.04. The van der Waals surface area contributed by atoms with E-state index in [2.05, 4.69) is 15.3 Å². The van der Waals surface area contributed by atoms with Crippen LogP contribution in [0.3, 0.4) is 0 Å². The van der Waals surface area contributed by atoms with E-state index < -0.39 is 5.91 Å². The van der Waals surface area contributed by atoms with Crippen LogP contribution in [0.2, 0.25) is 0 Å². The molecule has 1 fully saturated rings. The van der Waals surface area contributed by atoms with Crippen LogP contribution in [-0.2, 0) is 11.8 Å². The Hall–Kier alpha value is -3.07. The number of nitrogens with zero attached hydrogens (tertiary/aromatic N) is 3. The van der Waals surface area contributed by atoms with Crippen molar-refractivity contribution >= 4 is 17.3 Å². The lowest BCUT2D eigenvalue weighted by Gasteiger charge is -2.31. The summed E-state index contributed by atoms with van der Waals surface area (Å²) in [6.45, 7) is 7.51. The van der Waals surface area contributed by atoms with Gasteiger partial charge in [0.05, 0.1) is 37.8 Å². The second kappa shape index (κ2) is 9.42. The lowest BCUT2D eigenvalue weighted by molar-refractivity contribution is 0.101. The molecule has 9 nitrogen and oxygen atoms in total. The topological polar surface area (TPSA) is 94.9 Å². The van der Waals surface area contributed by atoms with Crippen LogP contribution in [0.25, 0.3) is 0 Å². The van der Waals surface area contributed by atoms with Crippen LogP contribution in [-0.4, -0.2) is 55.2 Å². The lowest BCUT2D eigenvalue weighted by Crippen LogP contribution is -2.36. The Balaban J connectivity index is 1.95. The molecule has 29 heavy (non-hydrogen) atoms. The van der Waals surface area contributed by atoms with Crippen molar-refractivity contribution in [1.29, 1.82) is 0 Å². The van der Waals surface area contributed by atoms with Gasteiger partial charge in [-0.1, -0.05) is 0 Å². The van der Waals surface area contributed by atoms with Gasteiger partial charge < -0.3 is 24.4 Å². The number of morpholine rings is 1. The second-order valence-corrected chi connectivity index (χ2v) is 6.42. The van der Waals surface area contributed by atoms with Gasteiger partial charge in [-0.05, 0) is 19.9 Å². The van der Waals surface area contributed by atoms with Crippen molar-refractivity contribution in [2.45, 2.75) is 13.8 Å². The standard InChI is InChI=1S/C20H26N4O5/c1-4-28-17-13-16(24-8-10-27-11-9-24)18(29-5-2)12-15(17)21-20(26)14-6-7-19(25)23(3)22-14/h6-7,12-13H,4-5,8-11H2,1-3H3,(H,21,26). The lowest BCUT2D eigenvalue weighted by atomic mass is 10.2. The molecular formula is C20H26N4O5. The van der Waals surface area contributed by atoms with Gasteiger partial charge in [-0.2, -0.15) is 5.10 Å². The molecule has 1 amide bonds. The monoisotopic (exact) mass is 402 g/mol. The maximum Gasteiger partial charge on any atom is 0.276 e. The molecule has 0 unspecified atom stereocenters. The molecule has 1 aliphatic rings. The third kappa shape index (κ3) is 4.86. The molecule has 1 saturated heterocycles. The number of hydrogen-bond acceptors (Lipinski definition) is 7. The van der Waals surface area contributed by atoms with Gasteiger partial charge in [0.25, 0.3) is 11.5 Å². The van der Waals surface area contributed by atoms with Gasteiger partial charge >= 0.3 is 0 Å². The molecule has 156 valence electrons. The first-order chi connectivity index (χ1) is 14.0. The summed E-state index contributed by atoms with van der Waals surface area (Å²) in [6.07, 6.45) is 0. The normalized spacial score (nSPS) is 13.8. The molecule has 3 rings (SSSR count). The molecule has 9 heteroatoms. The number of aryl methyl sites for hydroxylation is 1. The van der Waals surface area contributed by atoms with Crippen LogP contribution >= 0.6 is 0 Å². The van der Waals surface area contributed by atoms with Gasteiger partial charge in [0, 0.05) is 38.3 Å². The van der Waals surface area contributed by atoms with Gasteiger partial charge in [0.15, 0.2) is 0 Å². The summed E-state index contributed by atoms with van der Waals surface area (Å²) in [4.78, 5) is 26.4. The Labute approximate surface area is 169 Å². The fraction of sp³-hybridized carbons (Fsp3) is 0.450. The van der Waals surface area contributed by atoms with E-state index in [1.807, 2.05) is 19.9 Å². The van der Waals surface area contributed by atoms with Crippen molar-refractivity contribution in [2.24, 2.45) is 7.05 Å². The van der Waals surface area contributed by atoms with Gasteiger partial charge in [0.2, 0.25) is 0 Å². The number of anilines is 2. The molecular weight excluding hydrogens is 376 g/mol. The molecule has 0 atom stereocenters. The highest BCUT2D eigenvalue weighted by atomic mass is 16.5. The quantitative estimate of drug-likeness (QED) is 0.753. The van der Waals surface area contributed by atoms with Crippen molar-refractivity contribution in [3.8, 4) is 11.5 Å². The highest BCUT2D eigenvalue weighted by Gasteiger charge is 2.21. The molecule has 1 N–H and O–H groups in total. The zero-order valence-corrected chi connectivity index (χ0v) is 16.9. The minimum atomic E-state index is -0.442. The van der Waals surface area contributed by atoms with Crippen LogP contribution in [0.1, 0.15) is 24.3 Å². The Morgan fingerprint density at radius 1 is 1.14 bits per heavy atom. The molecule has 1 aromatic carbocycles. The maximum atomic E-state index is 12.7. The number of amides is 1. The number of ether oxygens (including phenoxy) is 3. The third-order valence-electron chi connectivity index (χ3n) is 4.45. The van der Waals surface area contributed by atoms with Gasteiger partial charge in [0.1, 0.15) is 17.2 Å². The van der Waals surface area contributed by atoms with Gasteiger partial charge in [-0.15, -0.1) is 0 Å². The summed E-state index contributed by atoms with van der Waals surface area (Å²) in [5, 5.41) is 6.81. The number of carbonyl (C=O) groups excluding carboxylic acids is 1. The average Bonchev–Trinajstić information content (AvgIpc) is 2.72. The van der Waals surface area contributed by atoms with Crippen LogP contribution in [0.5, 0.6) is 11.5 Å². The molecule has 0 radical (unpaired) electrons. The van der Waals surface area contributed by atoms with Crippen molar-refractivity contribution < 1.29 is 19.0 Å². The first-order valence-corrected chi connectivity index (χ1v) is 9.65. The van der Waals surface area contributed by atoms with E-state index in [-0.39, 0.29) is 11.3 Å². The zero-order valence-electron chi connectivity index (χ0n) is 16.9. The molecule has 0 spiro atoms. The predicted molar refractivity (Wildman–Crippen MR) is 109 cm³/mol. The second-order valence-electron chi connectivity index (χ2n) is 6.42. The van der Waals surface area contributed by atoms with Crippen LogP contribution < -0.4 is 25.2 Å². The van der Waals surface area contributed by atoms with Crippen molar-refractivity contribution in [2.75, 3.05) is 49.7 Å². The summed E-state index contributed by atoms with van der Waals surface area (Å²) in [5.41, 5.74) is 1.22. The summed E-state index contributed by atoms with van der Waals surface area (Å²) >= 11 is 0. The van der Waals surface area contributed by atoms with Crippen molar-refractivity contribution in [3.63, 3.8) is 0 Å². The number of rotatable bonds is 7. The first-order valence-electron chi connectivity index (χ1n) is 9.65. The number of aromatic nitrogens is 2. The van der Waals surface area contributed by atoms with Crippen molar-refractivity contribution in [1.82, 2.24) is 9.78 Å². The number of carbonyl (C=O) groups is 1. The molecule has 0 saturated carbocycles. The van der Waals surface area contributed by atoms with E-state index in [9.17, 15) is 9.59 Å². The SMILES string of the molecule is CCOc1cc(N2CCOCC2)c(OCC)cc1NC(=O)c1ccc(=O)n(C)n1. The van der Waals surface area contributed by atoms with E-state index in [4.69, 9.17) is 14.2 Å². The Kier molecular flexibility index (Phi) is 6.71. The van der Waals surface area contributed by atoms with Crippen LogP contribution in [0.4, 0.5) is 11.4 Å². The van der Waals surface area contributed by atoms with Gasteiger partial charge in [-0.3, -0.25) is 9.59 Å². The molecule has 2 heterocycles. The average molecular weight is 402 g/mol. The number of hydrogen-bond donors (Lipinski definition) is 1. The summed E-state index contributed by atoms with van der Waals surface area (Å²) in [7, 11) is 1.50. The van der Waals surface area contributed by atoms with E-state index in [0.29, 0.717) is 43.6 Å². The van der Waals surface area contributed by atoms with Crippen LogP contribution in [0, 0.1) is 0 Å². The minimum absolute atomic E-state index is 0.129. The number of nitrogens with one attached hydrogen (secondary N) is 1. The zero-order chi connectivity index (χ0) is 20.8. The fourth-order valence-electron chi connectivity index (χ4n) is 3.05. The Bertz CT molecular complexity index is 922. The summed E-state index contributed by atoms with van der Waals surface area (Å²) in [5.74, 6) is 0.750. The summed E-state index contributed by atoms with van der Waals surface area (Å²) in [6, 6.07) is 6.34.